The molecule has 73 heavy (non-hydrogen) atoms. The van der Waals surface area contributed by atoms with Gasteiger partial charge in [0.05, 0.1) is 0 Å². The van der Waals surface area contributed by atoms with Gasteiger partial charge in [-0.15, -0.1) is 57.9 Å². The van der Waals surface area contributed by atoms with Gasteiger partial charge in [0, 0.05) is 46.9 Å². The van der Waals surface area contributed by atoms with E-state index in [0.717, 1.165) is 132 Å². The Morgan fingerprint density at radius 1 is 0.260 bits per heavy atom. The van der Waals surface area contributed by atoms with E-state index in [1.807, 2.05) is 42.7 Å². The van der Waals surface area contributed by atoms with Crippen molar-refractivity contribution in [3.63, 3.8) is 0 Å². The SMILES string of the molecule is [Pt+2].[Pt+2].[c-]1c(-n2c3[c-]c4c(cc3c3ccccc32)c2ccccc2n4-c2ccccn2)ccc2c3ccc(-n4c5[c-]c6c(cc5c5ccccc54)c4ccccc4n6-c4ccccn4)[c-]c3n(-c3ncccn3)c12. The summed E-state index contributed by atoms with van der Waals surface area (Å²) in [5, 5.41) is 11.0. The van der Waals surface area contributed by atoms with Gasteiger partial charge in [-0.3, -0.25) is 0 Å². The van der Waals surface area contributed by atoms with Crippen LogP contribution in [0.15, 0.2) is 201 Å². The van der Waals surface area contributed by atoms with E-state index in [-0.39, 0.29) is 42.1 Å². The zero-order valence-electron chi connectivity index (χ0n) is 38.2. The first-order chi connectivity index (χ1) is 35.2. The zero-order valence-corrected chi connectivity index (χ0v) is 42.8. The number of para-hydroxylation sites is 4. The number of hydrogen-bond acceptors (Lipinski definition) is 4. The molecule has 9 nitrogen and oxygen atoms in total. The van der Waals surface area contributed by atoms with E-state index in [2.05, 4.69) is 193 Å². The summed E-state index contributed by atoms with van der Waals surface area (Å²) in [5.74, 6) is 2.21. The second-order valence-corrected chi connectivity index (χ2v) is 18.0. The van der Waals surface area contributed by atoms with Gasteiger partial charge in [0.1, 0.15) is 11.6 Å². The van der Waals surface area contributed by atoms with Crippen LogP contribution in [0.25, 0.3) is 138 Å². The Morgan fingerprint density at radius 2 is 0.603 bits per heavy atom. The molecular formula is C62H33N9Pt2. The topological polar surface area (TPSA) is 76.2 Å². The third-order valence-electron chi connectivity index (χ3n) is 14.3. The molecule has 0 saturated heterocycles. The maximum Gasteiger partial charge on any atom is 2.00 e. The Morgan fingerprint density at radius 3 is 1.00 bits per heavy atom. The Balaban J connectivity index is 0.00000247. The zero-order chi connectivity index (χ0) is 46.3. The molecule has 8 aromatic carbocycles. The number of nitrogens with zero attached hydrogens (tertiary/aromatic N) is 9. The van der Waals surface area contributed by atoms with Crippen LogP contribution in [-0.4, -0.2) is 42.8 Å². The van der Waals surface area contributed by atoms with Gasteiger partial charge in [0.15, 0.2) is 0 Å². The number of rotatable bonds is 5. The number of hydrogen-bond donors (Lipinski definition) is 0. The number of benzene rings is 8. The summed E-state index contributed by atoms with van der Waals surface area (Å²) >= 11 is 0. The Bertz CT molecular complexity index is 4590. The van der Waals surface area contributed by atoms with Crippen LogP contribution >= 0.6 is 0 Å². The molecule has 0 aliphatic carbocycles. The summed E-state index contributed by atoms with van der Waals surface area (Å²) < 4.78 is 11.1. The molecule has 0 saturated carbocycles. The molecule has 11 heteroatoms. The molecule has 16 aromatic rings. The van der Waals surface area contributed by atoms with Crippen molar-refractivity contribution in [1.82, 2.24) is 42.8 Å². The van der Waals surface area contributed by atoms with Crippen molar-refractivity contribution in [2.75, 3.05) is 0 Å². The Kier molecular flexibility index (Phi) is 9.81. The van der Waals surface area contributed by atoms with Crippen LogP contribution < -0.4 is 0 Å². The quantitative estimate of drug-likeness (QED) is 0.161. The van der Waals surface area contributed by atoms with Gasteiger partial charge in [-0.2, -0.15) is 35.0 Å². The van der Waals surface area contributed by atoms with Crippen molar-refractivity contribution in [3.05, 3.63) is 225 Å². The third-order valence-corrected chi connectivity index (χ3v) is 14.3. The van der Waals surface area contributed by atoms with Gasteiger partial charge >= 0.3 is 42.1 Å². The van der Waals surface area contributed by atoms with Crippen molar-refractivity contribution >= 4 is 109 Å². The number of fused-ring (bicyclic) bond motifs is 15. The minimum Gasteiger partial charge on any atom is -0.358 e. The van der Waals surface area contributed by atoms with E-state index in [1.54, 1.807) is 12.4 Å². The van der Waals surface area contributed by atoms with Crippen molar-refractivity contribution in [3.8, 4) is 29.0 Å². The second kappa shape index (κ2) is 16.5. The van der Waals surface area contributed by atoms with Crippen molar-refractivity contribution < 1.29 is 42.1 Å². The molecule has 8 heterocycles. The molecule has 0 bridgehead atoms. The molecule has 0 amide bonds. The first-order valence-corrected chi connectivity index (χ1v) is 23.6. The number of pyridine rings is 2. The van der Waals surface area contributed by atoms with E-state index in [9.17, 15) is 0 Å². The van der Waals surface area contributed by atoms with Crippen LogP contribution in [0.3, 0.4) is 0 Å². The predicted octanol–water partition coefficient (Wildman–Crippen LogP) is 13.9. The summed E-state index contributed by atoms with van der Waals surface area (Å²) in [7, 11) is 0. The van der Waals surface area contributed by atoms with E-state index in [4.69, 9.17) is 19.9 Å². The first-order valence-electron chi connectivity index (χ1n) is 23.6. The fourth-order valence-corrected chi connectivity index (χ4v) is 11.3. The van der Waals surface area contributed by atoms with E-state index in [1.165, 1.54) is 0 Å². The molecule has 0 N–H and O–H groups in total. The maximum atomic E-state index is 4.86. The van der Waals surface area contributed by atoms with E-state index >= 15 is 0 Å². The molecule has 0 aliphatic heterocycles. The van der Waals surface area contributed by atoms with Crippen LogP contribution in [0.4, 0.5) is 0 Å². The summed E-state index contributed by atoms with van der Waals surface area (Å²) in [5.41, 5.74) is 11.5. The van der Waals surface area contributed by atoms with E-state index < -0.39 is 0 Å². The molecule has 346 valence electrons. The monoisotopic (exact) mass is 1290 g/mol. The molecule has 8 aromatic heterocycles. The van der Waals surface area contributed by atoms with Gasteiger partial charge < -0.3 is 22.8 Å². The molecular weight excluding hydrogens is 1260 g/mol. The molecule has 0 unspecified atom stereocenters. The van der Waals surface area contributed by atoms with Crippen molar-refractivity contribution in [1.29, 1.82) is 0 Å². The predicted molar refractivity (Wildman–Crippen MR) is 285 cm³/mol. The minimum atomic E-state index is 0. The third kappa shape index (κ3) is 6.16. The summed E-state index contributed by atoms with van der Waals surface area (Å²) in [6.07, 6.45) is 7.26. The molecule has 0 spiro atoms. The smallest absolute Gasteiger partial charge is 0.358 e. The number of aromatic nitrogens is 9. The summed E-state index contributed by atoms with van der Waals surface area (Å²) in [6, 6.07) is 77.2. The molecule has 0 fully saturated rings. The van der Waals surface area contributed by atoms with E-state index in [0.29, 0.717) is 5.95 Å². The van der Waals surface area contributed by atoms with Gasteiger partial charge in [-0.05, 0) is 76.1 Å². The molecule has 0 radical (unpaired) electrons. The van der Waals surface area contributed by atoms with Crippen LogP contribution in [0, 0.1) is 24.3 Å². The summed E-state index contributed by atoms with van der Waals surface area (Å²) in [6.45, 7) is 0. The van der Waals surface area contributed by atoms with Crippen LogP contribution in [0.1, 0.15) is 0 Å². The van der Waals surface area contributed by atoms with Crippen LogP contribution in [0.5, 0.6) is 0 Å². The molecule has 16 rings (SSSR count). The average Bonchev–Trinajstić information content (AvgIpc) is 4.22. The Hall–Kier alpha value is -8.48. The second-order valence-electron chi connectivity index (χ2n) is 18.0. The Labute approximate surface area is 444 Å². The normalized spacial score (nSPS) is 11.9. The fraction of sp³-hybridized carbons (Fsp3) is 0. The summed E-state index contributed by atoms with van der Waals surface area (Å²) in [4.78, 5) is 19.3. The van der Waals surface area contributed by atoms with Crippen molar-refractivity contribution in [2.45, 2.75) is 0 Å². The van der Waals surface area contributed by atoms with Gasteiger partial charge in [-0.1, -0.05) is 129 Å². The maximum absolute atomic E-state index is 4.86. The van der Waals surface area contributed by atoms with Crippen LogP contribution in [0.2, 0.25) is 0 Å². The van der Waals surface area contributed by atoms with Crippen molar-refractivity contribution in [2.24, 2.45) is 0 Å². The molecule has 0 aliphatic rings. The van der Waals surface area contributed by atoms with Crippen LogP contribution in [-0.2, 0) is 42.1 Å². The average molecular weight is 1290 g/mol. The standard InChI is InChI=1S/C62H33N9.2Pt/c1-5-18-50-40(14-1)46-34-48-42-16-3-7-20-52(42)69(60-22-9-11-28-63-60)58(48)36-56(46)67(50)38-24-26-44-45-27-25-39(33-55(45)71(54(44)32-38)62-65-30-13-31-66-62)68-51-19-6-2-15-41(51)47-35-49-43-17-4-8-21-53(43)70(59(49)37-57(47)68)61-23-10-12-29-64-61;;/h1-31,34-35H;;/q-4;2*+2. The molecule has 0 atom stereocenters. The van der Waals surface area contributed by atoms with Gasteiger partial charge in [0.2, 0.25) is 5.95 Å². The fourth-order valence-electron chi connectivity index (χ4n) is 11.3. The van der Waals surface area contributed by atoms with Gasteiger partial charge in [-0.25, -0.2) is 19.9 Å². The first kappa shape index (κ1) is 43.3. The van der Waals surface area contributed by atoms with Gasteiger partial charge in [0.25, 0.3) is 0 Å². The minimum absolute atomic E-state index is 0. The largest absolute Gasteiger partial charge is 2.00 e.